The van der Waals surface area contributed by atoms with Crippen molar-refractivity contribution in [3.05, 3.63) is 39.9 Å². The van der Waals surface area contributed by atoms with Gasteiger partial charge in [0.2, 0.25) is 7.59 Å². The van der Waals surface area contributed by atoms with Gasteiger partial charge in [-0.25, -0.2) is 9.59 Å². The van der Waals surface area contributed by atoms with Crippen LogP contribution in [0, 0.1) is 10.1 Å². The van der Waals surface area contributed by atoms with E-state index in [0.29, 0.717) is 5.56 Å². The minimum absolute atomic E-state index is 0.163. The molecule has 17 heteroatoms. The Kier molecular flexibility index (Phi) is 8.81. The number of amides is 1. The number of nitro benzene ring substituents is 1. The summed E-state index contributed by atoms with van der Waals surface area (Å²) in [5.74, 6) is -2.82. The van der Waals surface area contributed by atoms with Gasteiger partial charge in [-0.05, 0) is 31.5 Å². The van der Waals surface area contributed by atoms with E-state index in [2.05, 4.69) is 4.99 Å². The smallest absolute Gasteiger partial charge is 0.347 e. The Morgan fingerprint density at radius 2 is 1.65 bits per heavy atom. The third kappa shape index (κ3) is 6.51. The van der Waals surface area contributed by atoms with Gasteiger partial charge in [0.05, 0.1) is 4.92 Å². The summed E-state index contributed by atoms with van der Waals surface area (Å²) in [5, 5.41) is 9.91. The number of halogens is 6. The second-order valence-electron chi connectivity index (χ2n) is 8.48. The number of fused-ring (bicyclic) bond motifs is 1. The first kappa shape index (κ1) is 30.3. The van der Waals surface area contributed by atoms with Crippen LogP contribution >= 0.6 is 81.4 Å². The van der Waals surface area contributed by atoms with Crippen molar-refractivity contribution in [2.75, 3.05) is 13.2 Å². The molecule has 2 aliphatic rings. The Labute approximate surface area is 244 Å². The molecule has 0 spiro atoms. The van der Waals surface area contributed by atoms with Crippen LogP contribution in [-0.2, 0) is 23.9 Å². The molecule has 0 aromatic heterocycles. The minimum Gasteiger partial charge on any atom is -0.460 e. The SMILES string of the molecule is CC1(C)S[C@H]2N(C(=O)[C@]2(N=Cc2ccc([N+](=O)[O-])cc2)C(=O)OCC(Cl)(Cl)Cl)[C@H]1C(=O)OCC(Cl)(Cl)Cl. The van der Waals surface area contributed by atoms with Crippen LogP contribution in [0.5, 0.6) is 0 Å². The summed E-state index contributed by atoms with van der Waals surface area (Å²) in [7, 11) is 0. The van der Waals surface area contributed by atoms with Gasteiger partial charge in [-0.2, -0.15) is 0 Å². The average molecular weight is 656 g/mol. The summed E-state index contributed by atoms with van der Waals surface area (Å²) in [5.41, 5.74) is -1.94. The fourth-order valence-corrected chi connectivity index (χ4v) is 5.73. The van der Waals surface area contributed by atoms with Gasteiger partial charge in [0, 0.05) is 23.1 Å². The van der Waals surface area contributed by atoms with Crippen LogP contribution in [0.2, 0.25) is 0 Å². The number of esters is 2. The third-order valence-electron chi connectivity index (χ3n) is 5.32. The number of nitro groups is 1. The lowest BCUT2D eigenvalue weighted by Gasteiger charge is -2.48. The molecule has 2 aliphatic heterocycles. The number of alkyl halides is 6. The van der Waals surface area contributed by atoms with Crippen molar-refractivity contribution in [3.8, 4) is 0 Å². The monoisotopic (exact) mass is 653 g/mol. The number of carbonyl (C=O) groups excluding carboxylic acids is 3. The van der Waals surface area contributed by atoms with Crippen molar-refractivity contribution in [2.24, 2.45) is 4.99 Å². The molecule has 3 rings (SSSR count). The second-order valence-corrected chi connectivity index (χ2v) is 15.2. The van der Waals surface area contributed by atoms with Gasteiger partial charge in [-0.1, -0.05) is 69.6 Å². The molecule has 1 aromatic carbocycles. The molecule has 1 aromatic rings. The number of ether oxygens (including phenoxy) is 2. The van der Waals surface area contributed by atoms with E-state index < -0.39 is 65.3 Å². The van der Waals surface area contributed by atoms with E-state index in [1.165, 1.54) is 30.5 Å². The van der Waals surface area contributed by atoms with E-state index in [-0.39, 0.29) is 5.69 Å². The molecule has 37 heavy (non-hydrogen) atoms. The Morgan fingerprint density at radius 3 is 2.16 bits per heavy atom. The molecule has 10 nitrogen and oxygen atoms in total. The normalized spacial score (nSPS) is 25.0. The summed E-state index contributed by atoms with van der Waals surface area (Å²) in [6.45, 7) is 2.10. The summed E-state index contributed by atoms with van der Waals surface area (Å²) in [6.07, 6.45) is 1.19. The predicted molar refractivity (Wildman–Crippen MR) is 142 cm³/mol. The molecule has 1 amide bonds. The lowest BCUT2D eigenvalue weighted by molar-refractivity contribution is -0.384. The van der Waals surface area contributed by atoms with Crippen LogP contribution in [0.3, 0.4) is 0 Å². The molecule has 202 valence electrons. The van der Waals surface area contributed by atoms with E-state index in [4.69, 9.17) is 79.1 Å². The number of hydrogen-bond donors (Lipinski definition) is 0. The van der Waals surface area contributed by atoms with Crippen molar-refractivity contribution < 1.29 is 28.8 Å². The highest BCUT2D eigenvalue weighted by Crippen LogP contribution is 2.57. The van der Waals surface area contributed by atoms with Crippen LogP contribution < -0.4 is 0 Å². The predicted octanol–water partition coefficient (Wildman–Crippen LogP) is 4.64. The first-order valence-corrected chi connectivity index (χ1v) is 13.3. The summed E-state index contributed by atoms with van der Waals surface area (Å²) >= 11 is 35.2. The zero-order valence-corrected chi connectivity index (χ0v) is 24.2. The Balaban J connectivity index is 1.96. The van der Waals surface area contributed by atoms with E-state index in [0.717, 1.165) is 16.7 Å². The van der Waals surface area contributed by atoms with Gasteiger partial charge in [0.15, 0.2) is 0 Å². The molecule has 2 heterocycles. The van der Waals surface area contributed by atoms with Gasteiger partial charge in [0.1, 0.15) is 24.6 Å². The van der Waals surface area contributed by atoms with Gasteiger partial charge < -0.3 is 14.4 Å². The van der Waals surface area contributed by atoms with E-state index in [9.17, 15) is 24.5 Å². The molecular formula is C20H17Cl6N3O7S. The molecule has 0 bridgehead atoms. The average Bonchev–Trinajstić information content (AvgIpc) is 3.04. The van der Waals surface area contributed by atoms with E-state index >= 15 is 0 Å². The topological polar surface area (TPSA) is 128 Å². The highest BCUT2D eigenvalue weighted by molar-refractivity contribution is 8.01. The molecule has 0 N–H and O–H groups in total. The van der Waals surface area contributed by atoms with Gasteiger partial charge in [0.25, 0.3) is 17.1 Å². The molecule has 0 unspecified atom stereocenters. The second kappa shape index (κ2) is 10.7. The summed E-state index contributed by atoms with van der Waals surface area (Å²) in [6, 6.07) is 4.07. The standard InChI is InChI=1S/C20H17Cl6N3O7S/c1-17(2)12(13(30)35-8-18(21,22)23)28-14(31)20(15(28)37-17,16(32)36-9-19(24,25)26)27-7-10-3-5-11(6-4-10)29(33)34/h3-7,12,15H,8-9H2,1-2H3/t12-,15+,20+/m0/s1. The van der Waals surface area contributed by atoms with E-state index in [1.807, 2.05) is 0 Å². The number of non-ortho nitro benzene ring substituents is 1. The minimum atomic E-state index is -2.14. The van der Waals surface area contributed by atoms with Crippen LogP contribution in [-0.4, -0.2) is 76.4 Å². The largest absolute Gasteiger partial charge is 0.460 e. The van der Waals surface area contributed by atoms with Gasteiger partial charge >= 0.3 is 11.9 Å². The maximum Gasteiger partial charge on any atom is 0.347 e. The fourth-order valence-electron chi connectivity index (χ4n) is 3.73. The maximum atomic E-state index is 13.5. The number of hydrogen-bond acceptors (Lipinski definition) is 9. The lowest BCUT2D eigenvalue weighted by atomic mass is 9.85. The van der Waals surface area contributed by atoms with Crippen LogP contribution in [0.1, 0.15) is 19.4 Å². The number of aliphatic imine (C=N–C) groups is 1. The van der Waals surface area contributed by atoms with Crippen molar-refractivity contribution in [1.29, 1.82) is 0 Å². The van der Waals surface area contributed by atoms with Crippen molar-refractivity contribution >= 4 is 111 Å². The summed E-state index contributed by atoms with van der Waals surface area (Å²) in [4.78, 5) is 55.4. The highest BCUT2D eigenvalue weighted by Gasteiger charge is 2.76. The zero-order valence-electron chi connectivity index (χ0n) is 18.8. The van der Waals surface area contributed by atoms with Crippen molar-refractivity contribution in [2.45, 2.75) is 43.1 Å². The van der Waals surface area contributed by atoms with Crippen LogP contribution in [0.4, 0.5) is 5.69 Å². The van der Waals surface area contributed by atoms with Crippen molar-refractivity contribution in [1.82, 2.24) is 4.90 Å². The lowest BCUT2D eigenvalue weighted by Crippen LogP contribution is -2.76. The Morgan fingerprint density at radius 1 is 1.11 bits per heavy atom. The Hall–Kier alpha value is -1.21. The molecule has 2 saturated heterocycles. The van der Waals surface area contributed by atoms with E-state index in [1.54, 1.807) is 13.8 Å². The first-order chi connectivity index (χ1) is 16.9. The highest BCUT2D eigenvalue weighted by atomic mass is 35.6. The number of nitrogens with zero attached hydrogens (tertiary/aromatic N) is 3. The molecule has 0 saturated carbocycles. The molecule has 2 fully saturated rings. The van der Waals surface area contributed by atoms with Crippen molar-refractivity contribution in [3.63, 3.8) is 0 Å². The molecule has 0 radical (unpaired) electrons. The number of carbonyl (C=O) groups is 3. The quantitative estimate of drug-likeness (QED) is 0.0791. The number of β-lactam (4-membered cyclic amide) rings is 1. The van der Waals surface area contributed by atoms with Gasteiger partial charge in [-0.3, -0.25) is 19.9 Å². The molecule has 3 atom stereocenters. The zero-order chi connectivity index (χ0) is 28.0. The van der Waals surface area contributed by atoms with Crippen LogP contribution in [0.25, 0.3) is 0 Å². The van der Waals surface area contributed by atoms with Gasteiger partial charge in [-0.15, -0.1) is 11.8 Å². The number of rotatable bonds is 7. The maximum absolute atomic E-state index is 13.5. The third-order valence-corrected chi connectivity index (χ3v) is 7.60. The number of benzene rings is 1. The molecule has 0 aliphatic carbocycles. The first-order valence-electron chi connectivity index (χ1n) is 10.2. The molecular weight excluding hydrogens is 639 g/mol. The summed E-state index contributed by atoms with van der Waals surface area (Å²) < 4.78 is 5.44. The Bertz CT molecular complexity index is 1140. The fraction of sp³-hybridized carbons (Fsp3) is 0.500. The van der Waals surface area contributed by atoms with Crippen LogP contribution in [0.15, 0.2) is 29.3 Å². The number of thioether (sulfide) groups is 1.